The number of carbonyl (C=O) groups is 1. The largest absolute Gasteiger partial charge is 0.494 e. The van der Waals surface area contributed by atoms with Crippen molar-refractivity contribution < 1.29 is 26.4 Å². The van der Waals surface area contributed by atoms with Gasteiger partial charge in [-0.2, -0.15) is 0 Å². The van der Waals surface area contributed by atoms with Gasteiger partial charge < -0.3 is 10.1 Å². The van der Waals surface area contributed by atoms with E-state index in [-0.39, 0.29) is 0 Å². The van der Waals surface area contributed by atoms with E-state index in [2.05, 4.69) is 5.32 Å². The predicted molar refractivity (Wildman–Crippen MR) is 118 cm³/mol. The van der Waals surface area contributed by atoms with Gasteiger partial charge >= 0.3 is 0 Å². The fraction of sp³-hybridized carbons (Fsp3) is 0.316. The molecular formula is C19H25N3O6S2. The van der Waals surface area contributed by atoms with E-state index in [0.717, 1.165) is 21.1 Å². The molecule has 9 nitrogen and oxygen atoms in total. The van der Waals surface area contributed by atoms with Crippen LogP contribution in [0.5, 0.6) is 5.75 Å². The molecule has 0 aliphatic heterocycles. The Bertz CT molecular complexity index is 1120. The molecule has 11 heteroatoms. The van der Waals surface area contributed by atoms with Gasteiger partial charge in [-0.25, -0.2) is 16.8 Å². The lowest BCUT2D eigenvalue weighted by molar-refractivity contribution is -0.114. The van der Waals surface area contributed by atoms with Crippen LogP contribution in [0.3, 0.4) is 0 Å². The summed E-state index contributed by atoms with van der Waals surface area (Å²) in [5.74, 6) is -0.0954. The number of hydrogen-bond donors (Lipinski definition) is 1. The predicted octanol–water partition coefficient (Wildman–Crippen LogP) is 1.89. The van der Waals surface area contributed by atoms with Crippen LogP contribution in [0.1, 0.15) is 6.92 Å². The van der Waals surface area contributed by atoms with Gasteiger partial charge in [0.05, 0.1) is 30.5 Å². The van der Waals surface area contributed by atoms with Gasteiger partial charge in [-0.15, -0.1) is 0 Å². The second kappa shape index (κ2) is 9.35. The van der Waals surface area contributed by atoms with E-state index < -0.39 is 32.5 Å². The number of hydrogen-bond acceptors (Lipinski definition) is 6. The molecule has 0 saturated carbocycles. The topological polar surface area (TPSA) is 113 Å². The van der Waals surface area contributed by atoms with E-state index in [1.165, 1.54) is 13.1 Å². The van der Waals surface area contributed by atoms with Crippen LogP contribution in [-0.2, 0) is 24.8 Å². The molecule has 0 aliphatic carbocycles. The molecule has 0 aromatic heterocycles. The first kappa shape index (κ1) is 23.5. The number of nitrogens with one attached hydrogen (secondary N) is 1. The molecule has 0 bridgehead atoms. The minimum absolute atomic E-state index is 0.296. The minimum Gasteiger partial charge on any atom is -0.494 e. The third-order valence-corrected chi connectivity index (χ3v) is 6.44. The maximum absolute atomic E-state index is 12.6. The van der Waals surface area contributed by atoms with Crippen molar-refractivity contribution in [3.8, 4) is 5.75 Å². The van der Waals surface area contributed by atoms with Crippen LogP contribution in [0, 0.1) is 0 Å². The van der Waals surface area contributed by atoms with Gasteiger partial charge in [-0.1, -0.05) is 12.1 Å². The first-order valence-electron chi connectivity index (χ1n) is 8.96. The van der Waals surface area contributed by atoms with Crippen LogP contribution in [0.4, 0.5) is 17.1 Å². The van der Waals surface area contributed by atoms with Crippen molar-refractivity contribution in [3.05, 3.63) is 48.5 Å². The lowest BCUT2D eigenvalue weighted by Crippen LogP contribution is -2.37. The average molecular weight is 456 g/mol. The molecule has 2 aromatic rings. The lowest BCUT2D eigenvalue weighted by atomic mass is 10.2. The van der Waals surface area contributed by atoms with E-state index in [0.29, 0.717) is 29.4 Å². The summed E-state index contributed by atoms with van der Waals surface area (Å²) in [4.78, 5) is 12.6. The normalized spacial score (nSPS) is 11.6. The van der Waals surface area contributed by atoms with Crippen molar-refractivity contribution in [2.24, 2.45) is 0 Å². The number of anilines is 3. The quantitative estimate of drug-likeness (QED) is 0.618. The fourth-order valence-electron chi connectivity index (χ4n) is 2.60. The Hall–Kier alpha value is -2.79. The SMILES string of the molecule is CCOc1cccc(N(CC(=O)Nc2cccc(N(C)S(C)(=O)=O)c2)S(C)(=O)=O)c1. The molecular weight excluding hydrogens is 430 g/mol. The highest BCUT2D eigenvalue weighted by atomic mass is 32.2. The maximum atomic E-state index is 12.6. The summed E-state index contributed by atoms with van der Waals surface area (Å²) in [5.41, 5.74) is 0.994. The van der Waals surface area contributed by atoms with Crippen LogP contribution in [0.25, 0.3) is 0 Å². The molecule has 0 aliphatic rings. The number of sulfonamides is 2. The standard InChI is InChI=1S/C19H25N3O6S2/c1-5-28-18-11-7-10-17(13-18)22(30(4,26)27)14-19(23)20-15-8-6-9-16(12-15)21(2)29(3,24)25/h6-13H,5,14H2,1-4H3,(H,20,23). The van der Waals surface area contributed by atoms with Crippen LogP contribution in [0.15, 0.2) is 48.5 Å². The van der Waals surface area contributed by atoms with Crippen LogP contribution in [0.2, 0.25) is 0 Å². The zero-order chi connectivity index (χ0) is 22.5. The summed E-state index contributed by atoms with van der Waals surface area (Å²) < 4.78 is 55.4. The number of nitrogens with zero attached hydrogens (tertiary/aromatic N) is 2. The fourth-order valence-corrected chi connectivity index (χ4v) is 3.94. The number of benzene rings is 2. The summed E-state index contributed by atoms with van der Waals surface area (Å²) in [6, 6.07) is 12.7. The molecule has 0 atom stereocenters. The van der Waals surface area contributed by atoms with Gasteiger partial charge in [0.15, 0.2) is 0 Å². The summed E-state index contributed by atoms with van der Waals surface area (Å²) in [7, 11) is -5.82. The van der Waals surface area contributed by atoms with E-state index >= 15 is 0 Å². The van der Waals surface area contributed by atoms with Crippen LogP contribution >= 0.6 is 0 Å². The first-order chi connectivity index (χ1) is 13.9. The number of ether oxygens (including phenoxy) is 1. The molecule has 0 unspecified atom stereocenters. The van der Waals surface area contributed by atoms with E-state index in [1.54, 1.807) is 42.5 Å². The molecule has 0 saturated heterocycles. The van der Waals surface area contributed by atoms with Gasteiger partial charge in [-0.05, 0) is 37.3 Å². The minimum atomic E-state index is -3.75. The smallest absolute Gasteiger partial charge is 0.245 e. The van der Waals surface area contributed by atoms with Crippen LogP contribution in [-0.4, -0.2) is 55.5 Å². The highest BCUT2D eigenvalue weighted by Crippen LogP contribution is 2.24. The first-order valence-corrected chi connectivity index (χ1v) is 12.7. The molecule has 164 valence electrons. The highest BCUT2D eigenvalue weighted by molar-refractivity contribution is 7.92. The molecule has 0 radical (unpaired) electrons. The van der Waals surface area contributed by atoms with Crippen molar-refractivity contribution in [1.29, 1.82) is 0 Å². The number of rotatable bonds is 9. The maximum Gasteiger partial charge on any atom is 0.245 e. The molecule has 2 aromatic carbocycles. The number of amides is 1. The summed E-state index contributed by atoms with van der Waals surface area (Å²) in [6.45, 7) is 1.77. The third-order valence-electron chi connectivity index (χ3n) is 4.10. The second-order valence-corrected chi connectivity index (χ2v) is 10.4. The number of carbonyl (C=O) groups excluding carboxylic acids is 1. The van der Waals surface area contributed by atoms with E-state index in [9.17, 15) is 21.6 Å². The summed E-state index contributed by atoms with van der Waals surface area (Å²) in [6.07, 6.45) is 2.08. The highest BCUT2D eigenvalue weighted by Gasteiger charge is 2.22. The monoisotopic (exact) mass is 455 g/mol. The zero-order valence-electron chi connectivity index (χ0n) is 17.2. The summed E-state index contributed by atoms with van der Waals surface area (Å²) >= 11 is 0. The van der Waals surface area contributed by atoms with E-state index in [1.807, 2.05) is 6.92 Å². The Kier molecular flexibility index (Phi) is 7.32. The van der Waals surface area contributed by atoms with Crippen molar-refractivity contribution in [3.63, 3.8) is 0 Å². The second-order valence-electron chi connectivity index (χ2n) is 6.53. The van der Waals surface area contributed by atoms with Gasteiger partial charge in [0.2, 0.25) is 26.0 Å². The molecule has 1 amide bonds. The summed E-state index contributed by atoms with van der Waals surface area (Å²) in [5, 5.41) is 2.60. The van der Waals surface area contributed by atoms with Crippen LogP contribution < -0.4 is 18.7 Å². The van der Waals surface area contributed by atoms with Gasteiger partial charge in [0, 0.05) is 18.8 Å². The average Bonchev–Trinajstić information content (AvgIpc) is 2.64. The Balaban J connectivity index is 2.23. The van der Waals surface area contributed by atoms with Gasteiger partial charge in [0.1, 0.15) is 12.3 Å². The van der Waals surface area contributed by atoms with Crippen molar-refractivity contribution >= 4 is 43.0 Å². The lowest BCUT2D eigenvalue weighted by Gasteiger charge is -2.22. The third kappa shape index (κ3) is 6.36. The Labute approximate surface area is 177 Å². The molecule has 1 N–H and O–H groups in total. The van der Waals surface area contributed by atoms with Gasteiger partial charge in [0.25, 0.3) is 0 Å². The molecule has 0 spiro atoms. The Morgan fingerprint density at radius 3 is 2.20 bits per heavy atom. The Morgan fingerprint density at radius 2 is 1.60 bits per heavy atom. The Morgan fingerprint density at radius 1 is 0.967 bits per heavy atom. The molecule has 2 rings (SSSR count). The van der Waals surface area contributed by atoms with Crippen molar-refractivity contribution in [1.82, 2.24) is 0 Å². The molecule has 0 heterocycles. The van der Waals surface area contributed by atoms with Crippen molar-refractivity contribution in [2.45, 2.75) is 6.92 Å². The zero-order valence-corrected chi connectivity index (χ0v) is 18.8. The van der Waals surface area contributed by atoms with Crippen molar-refractivity contribution in [2.75, 3.05) is 46.6 Å². The molecule has 0 fully saturated rings. The van der Waals surface area contributed by atoms with Gasteiger partial charge in [-0.3, -0.25) is 13.4 Å². The van der Waals surface area contributed by atoms with E-state index in [4.69, 9.17) is 4.74 Å². The molecule has 30 heavy (non-hydrogen) atoms.